The first-order valence-corrected chi connectivity index (χ1v) is 8.37. The SMILES string of the molecule is CCCNc1cnc(C(=O)N2CCN(C(=O)c3ccco3)CC2)cn1. The third-order valence-electron chi connectivity index (χ3n) is 4.01. The molecule has 1 saturated heterocycles. The molecule has 0 aliphatic carbocycles. The van der Waals surface area contributed by atoms with Gasteiger partial charge in [0, 0.05) is 32.7 Å². The lowest BCUT2D eigenvalue weighted by Crippen LogP contribution is -2.50. The zero-order valence-corrected chi connectivity index (χ0v) is 14.1. The largest absolute Gasteiger partial charge is 0.459 e. The van der Waals surface area contributed by atoms with Crippen LogP contribution in [0.5, 0.6) is 0 Å². The fourth-order valence-electron chi connectivity index (χ4n) is 2.61. The Kier molecular flexibility index (Phi) is 5.27. The molecule has 1 fully saturated rings. The number of rotatable bonds is 5. The Labute approximate surface area is 145 Å². The standard InChI is InChI=1S/C17H21N5O3/c1-2-5-18-15-12-19-13(11-20-15)16(23)21-6-8-22(9-7-21)17(24)14-4-3-10-25-14/h3-4,10-12H,2,5-9H2,1H3,(H,18,20). The number of hydrogen-bond donors (Lipinski definition) is 1. The lowest BCUT2D eigenvalue weighted by atomic mass is 10.2. The van der Waals surface area contributed by atoms with Gasteiger partial charge in [-0.25, -0.2) is 9.97 Å². The van der Waals surface area contributed by atoms with Gasteiger partial charge in [0.05, 0.1) is 18.7 Å². The van der Waals surface area contributed by atoms with E-state index in [1.807, 2.05) is 0 Å². The average Bonchev–Trinajstić information content (AvgIpc) is 3.20. The summed E-state index contributed by atoms with van der Waals surface area (Å²) in [5.41, 5.74) is 0.313. The van der Waals surface area contributed by atoms with Gasteiger partial charge in [-0.1, -0.05) is 6.92 Å². The van der Waals surface area contributed by atoms with Gasteiger partial charge in [-0.3, -0.25) is 9.59 Å². The molecule has 2 amide bonds. The second-order valence-electron chi connectivity index (χ2n) is 5.78. The van der Waals surface area contributed by atoms with Gasteiger partial charge in [0.2, 0.25) is 0 Å². The molecule has 2 aromatic heterocycles. The molecule has 0 radical (unpaired) electrons. The van der Waals surface area contributed by atoms with Crippen LogP contribution in [0.2, 0.25) is 0 Å². The lowest BCUT2D eigenvalue weighted by molar-refractivity contribution is 0.0515. The second-order valence-corrected chi connectivity index (χ2v) is 5.78. The first kappa shape index (κ1) is 16.9. The maximum Gasteiger partial charge on any atom is 0.289 e. The number of aromatic nitrogens is 2. The van der Waals surface area contributed by atoms with Crippen LogP contribution in [0.1, 0.15) is 34.4 Å². The topological polar surface area (TPSA) is 91.6 Å². The van der Waals surface area contributed by atoms with Crippen LogP contribution in [0.25, 0.3) is 0 Å². The fourth-order valence-corrected chi connectivity index (χ4v) is 2.61. The van der Waals surface area contributed by atoms with Gasteiger partial charge in [0.1, 0.15) is 11.5 Å². The zero-order valence-electron chi connectivity index (χ0n) is 14.1. The van der Waals surface area contributed by atoms with E-state index in [2.05, 4.69) is 22.2 Å². The maximum absolute atomic E-state index is 12.5. The Hall–Kier alpha value is -2.90. The van der Waals surface area contributed by atoms with E-state index in [-0.39, 0.29) is 11.8 Å². The van der Waals surface area contributed by atoms with Crippen LogP contribution in [0.3, 0.4) is 0 Å². The van der Waals surface area contributed by atoms with Crippen molar-refractivity contribution in [3.63, 3.8) is 0 Å². The summed E-state index contributed by atoms with van der Waals surface area (Å²) in [6.45, 7) is 4.73. The molecule has 0 aromatic carbocycles. The van der Waals surface area contributed by atoms with Crippen molar-refractivity contribution in [3.05, 3.63) is 42.2 Å². The van der Waals surface area contributed by atoms with Crippen LogP contribution in [-0.2, 0) is 0 Å². The highest BCUT2D eigenvalue weighted by atomic mass is 16.3. The second kappa shape index (κ2) is 7.78. The number of anilines is 1. The van der Waals surface area contributed by atoms with Gasteiger partial charge in [-0.2, -0.15) is 0 Å². The minimum Gasteiger partial charge on any atom is -0.459 e. The van der Waals surface area contributed by atoms with Gasteiger partial charge < -0.3 is 19.5 Å². The van der Waals surface area contributed by atoms with Crippen molar-refractivity contribution in [2.75, 3.05) is 38.0 Å². The monoisotopic (exact) mass is 343 g/mol. The Morgan fingerprint density at radius 2 is 1.84 bits per heavy atom. The molecular weight excluding hydrogens is 322 g/mol. The number of nitrogens with zero attached hydrogens (tertiary/aromatic N) is 4. The first-order chi connectivity index (χ1) is 12.2. The minimum atomic E-state index is -0.167. The predicted molar refractivity (Wildman–Crippen MR) is 91.3 cm³/mol. The van der Waals surface area contributed by atoms with Gasteiger partial charge in [0.15, 0.2) is 5.76 Å². The van der Waals surface area contributed by atoms with Crippen LogP contribution in [0.4, 0.5) is 5.82 Å². The summed E-state index contributed by atoms with van der Waals surface area (Å²) < 4.78 is 5.14. The highest BCUT2D eigenvalue weighted by Crippen LogP contribution is 2.11. The Morgan fingerprint density at radius 1 is 1.12 bits per heavy atom. The molecule has 2 aromatic rings. The average molecular weight is 343 g/mol. The fraction of sp³-hybridized carbons (Fsp3) is 0.412. The van der Waals surface area contributed by atoms with E-state index >= 15 is 0 Å². The van der Waals surface area contributed by atoms with Gasteiger partial charge in [0.25, 0.3) is 11.8 Å². The van der Waals surface area contributed by atoms with Crippen LogP contribution >= 0.6 is 0 Å². The van der Waals surface area contributed by atoms with E-state index in [1.54, 1.807) is 28.1 Å². The zero-order chi connectivity index (χ0) is 17.6. The first-order valence-electron chi connectivity index (χ1n) is 8.37. The number of carbonyl (C=O) groups excluding carboxylic acids is 2. The molecule has 0 spiro atoms. The number of amides is 2. The normalized spacial score (nSPS) is 14.4. The molecule has 0 unspecified atom stereocenters. The summed E-state index contributed by atoms with van der Waals surface area (Å²) >= 11 is 0. The minimum absolute atomic E-state index is 0.150. The van der Waals surface area contributed by atoms with Gasteiger partial charge in [-0.15, -0.1) is 0 Å². The molecule has 0 bridgehead atoms. The van der Waals surface area contributed by atoms with E-state index in [4.69, 9.17) is 4.42 Å². The number of nitrogens with one attached hydrogen (secondary N) is 1. The van der Waals surface area contributed by atoms with Crippen molar-refractivity contribution in [1.82, 2.24) is 19.8 Å². The highest BCUT2D eigenvalue weighted by Gasteiger charge is 2.27. The third-order valence-corrected chi connectivity index (χ3v) is 4.01. The van der Waals surface area contributed by atoms with Crippen molar-refractivity contribution in [2.24, 2.45) is 0 Å². The van der Waals surface area contributed by atoms with E-state index < -0.39 is 0 Å². The molecule has 0 saturated carbocycles. The molecule has 3 heterocycles. The van der Waals surface area contributed by atoms with Crippen molar-refractivity contribution in [2.45, 2.75) is 13.3 Å². The molecule has 3 rings (SSSR count). The molecule has 132 valence electrons. The van der Waals surface area contributed by atoms with E-state index in [1.165, 1.54) is 12.5 Å². The smallest absolute Gasteiger partial charge is 0.289 e. The molecule has 1 N–H and O–H groups in total. The third kappa shape index (κ3) is 3.96. The van der Waals surface area contributed by atoms with Gasteiger partial charge in [-0.05, 0) is 18.6 Å². The Bertz CT molecular complexity index is 706. The summed E-state index contributed by atoms with van der Waals surface area (Å²) in [5, 5.41) is 3.12. The maximum atomic E-state index is 12.5. The predicted octanol–water partition coefficient (Wildman–Crippen LogP) is 1.49. The molecule has 0 atom stereocenters. The molecule has 1 aliphatic rings. The summed E-state index contributed by atoms with van der Waals surface area (Å²) in [4.78, 5) is 36.5. The Balaban J connectivity index is 1.55. The lowest BCUT2D eigenvalue weighted by Gasteiger charge is -2.34. The molecule has 8 nitrogen and oxygen atoms in total. The molecular formula is C17H21N5O3. The van der Waals surface area contributed by atoms with E-state index in [0.29, 0.717) is 43.5 Å². The number of piperazine rings is 1. The number of hydrogen-bond acceptors (Lipinski definition) is 6. The molecule has 1 aliphatic heterocycles. The van der Waals surface area contributed by atoms with Crippen LogP contribution < -0.4 is 5.32 Å². The number of carbonyl (C=O) groups is 2. The van der Waals surface area contributed by atoms with Crippen molar-refractivity contribution in [1.29, 1.82) is 0 Å². The summed E-state index contributed by atoms with van der Waals surface area (Å²) in [6.07, 6.45) is 5.52. The molecule has 25 heavy (non-hydrogen) atoms. The molecule has 8 heteroatoms. The van der Waals surface area contributed by atoms with Gasteiger partial charge >= 0.3 is 0 Å². The summed E-state index contributed by atoms with van der Waals surface area (Å²) in [6, 6.07) is 3.33. The van der Waals surface area contributed by atoms with Crippen LogP contribution in [0.15, 0.2) is 35.2 Å². The van der Waals surface area contributed by atoms with Crippen LogP contribution in [-0.4, -0.2) is 64.3 Å². The van der Waals surface area contributed by atoms with Crippen LogP contribution in [0, 0.1) is 0 Å². The van der Waals surface area contributed by atoms with E-state index in [9.17, 15) is 9.59 Å². The van der Waals surface area contributed by atoms with Crippen molar-refractivity contribution < 1.29 is 14.0 Å². The summed E-state index contributed by atoms with van der Waals surface area (Å²) in [7, 11) is 0. The Morgan fingerprint density at radius 3 is 2.40 bits per heavy atom. The van der Waals surface area contributed by atoms with Crippen molar-refractivity contribution in [3.8, 4) is 0 Å². The van der Waals surface area contributed by atoms with Crippen molar-refractivity contribution >= 4 is 17.6 Å². The number of furan rings is 1. The van der Waals surface area contributed by atoms with E-state index in [0.717, 1.165) is 13.0 Å². The quantitative estimate of drug-likeness (QED) is 0.884. The highest BCUT2D eigenvalue weighted by molar-refractivity contribution is 5.93. The summed E-state index contributed by atoms with van der Waals surface area (Å²) in [5.74, 6) is 0.663.